The number of thioether (sulfide) groups is 1. The highest BCUT2D eigenvalue weighted by Gasteiger charge is 2.32. The first-order valence-electron chi connectivity index (χ1n) is 7.64. The van der Waals surface area contributed by atoms with Crippen molar-refractivity contribution in [2.75, 3.05) is 0 Å². The Kier molecular flexibility index (Phi) is 6.24. The molecule has 0 spiro atoms. The van der Waals surface area contributed by atoms with Crippen LogP contribution in [0.2, 0.25) is 5.02 Å². The molecule has 3 rings (SSSR count). The van der Waals surface area contributed by atoms with Crippen molar-refractivity contribution < 1.29 is 9.59 Å². The number of ketones is 1. The molecule has 0 saturated carbocycles. The summed E-state index contributed by atoms with van der Waals surface area (Å²) < 4.78 is 0.898. The zero-order valence-corrected chi connectivity index (χ0v) is 16.5. The monoisotopic (exact) mass is 449 g/mol. The van der Waals surface area contributed by atoms with Crippen LogP contribution < -0.4 is 5.32 Å². The number of amides is 1. The van der Waals surface area contributed by atoms with Crippen molar-refractivity contribution in [1.29, 1.82) is 0 Å². The molecule has 0 aliphatic carbocycles. The van der Waals surface area contributed by atoms with Crippen molar-refractivity contribution in [3.63, 3.8) is 0 Å². The zero-order chi connectivity index (χ0) is 18.5. The van der Waals surface area contributed by atoms with Crippen LogP contribution >= 0.6 is 39.3 Å². The molecule has 1 amide bonds. The second kappa shape index (κ2) is 8.62. The van der Waals surface area contributed by atoms with Gasteiger partial charge >= 0.3 is 0 Å². The van der Waals surface area contributed by atoms with Gasteiger partial charge in [0, 0.05) is 21.5 Å². The van der Waals surface area contributed by atoms with E-state index in [1.54, 1.807) is 42.6 Å². The van der Waals surface area contributed by atoms with Crippen LogP contribution in [0.3, 0.4) is 0 Å². The van der Waals surface area contributed by atoms with Gasteiger partial charge in [-0.15, -0.1) is 5.10 Å². The molecule has 0 radical (unpaired) electrons. The number of carbonyl (C=O) groups excluding carboxylic acids is 2. The molecule has 1 aliphatic heterocycles. The van der Waals surface area contributed by atoms with Crippen LogP contribution in [0.1, 0.15) is 22.3 Å². The summed E-state index contributed by atoms with van der Waals surface area (Å²) in [6, 6.07) is 14.2. The van der Waals surface area contributed by atoms with E-state index in [4.69, 9.17) is 11.6 Å². The Morgan fingerprint density at radius 1 is 1.19 bits per heavy atom. The Morgan fingerprint density at radius 3 is 2.58 bits per heavy atom. The minimum absolute atomic E-state index is 0.0870. The number of amidine groups is 1. The molecule has 2 aromatic rings. The predicted octanol–water partition coefficient (Wildman–Crippen LogP) is 4.30. The van der Waals surface area contributed by atoms with Crippen LogP contribution in [-0.4, -0.2) is 28.3 Å². The maximum atomic E-state index is 12.3. The van der Waals surface area contributed by atoms with Gasteiger partial charge in [0.2, 0.25) is 5.91 Å². The lowest BCUT2D eigenvalue weighted by Crippen LogP contribution is -2.26. The summed E-state index contributed by atoms with van der Waals surface area (Å²) in [4.78, 5) is 24.3. The zero-order valence-electron chi connectivity index (χ0n) is 13.4. The molecule has 0 aromatic heterocycles. The molecule has 0 bridgehead atoms. The highest BCUT2D eigenvalue weighted by molar-refractivity contribution is 9.10. The van der Waals surface area contributed by atoms with Crippen molar-refractivity contribution in [2.24, 2.45) is 10.2 Å². The Bertz CT molecular complexity index is 882. The third-order valence-electron chi connectivity index (χ3n) is 3.54. The van der Waals surface area contributed by atoms with Crippen molar-refractivity contribution in [3.8, 4) is 0 Å². The summed E-state index contributed by atoms with van der Waals surface area (Å²) in [6.45, 7) is 0. The van der Waals surface area contributed by atoms with Gasteiger partial charge in [0.25, 0.3) is 0 Å². The molecule has 0 unspecified atom stereocenters. The van der Waals surface area contributed by atoms with Crippen LogP contribution in [0.15, 0.2) is 63.2 Å². The number of carbonyl (C=O) groups is 2. The quantitative estimate of drug-likeness (QED) is 0.419. The lowest BCUT2D eigenvalue weighted by Gasteiger charge is -2.04. The average molecular weight is 451 g/mol. The predicted molar refractivity (Wildman–Crippen MR) is 109 cm³/mol. The van der Waals surface area contributed by atoms with E-state index in [0.29, 0.717) is 15.8 Å². The second-order valence-electron chi connectivity index (χ2n) is 5.43. The summed E-state index contributed by atoms with van der Waals surface area (Å²) in [5, 5.41) is 11.1. The fourth-order valence-corrected chi connectivity index (χ4v) is 3.52. The summed E-state index contributed by atoms with van der Waals surface area (Å²) in [6.07, 6.45) is 1.68. The van der Waals surface area contributed by atoms with E-state index in [0.717, 1.165) is 10.0 Å². The largest absolute Gasteiger partial charge is 0.303 e. The first-order valence-corrected chi connectivity index (χ1v) is 9.69. The molecular weight excluding hydrogens is 438 g/mol. The number of benzene rings is 2. The van der Waals surface area contributed by atoms with Gasteiger partial charge in [-0.1, -0.05) is 63.6 Å². The summed E-state index contributed by atoms with van der Waals surface area (Å²) in [5.74, 6) is -0.322. The van der Waals surface area contributed by atoms with Crippen LogP contribution in [0.5, 0.6) is 0 Å². The number of nitrogens with zero attached hydrogens (tertiary/aromatic N) is 2. The Balaban J connectivity index is 1.60. The van der Waals surface area contributed by atoms with Gasteiger partial charge in [-0.3, -0.25) is 9.59 Å². The number of rotatable bonds is 5. The molecule has 1 heterocycles. The van der Waals surface area contributed by atoms with E-state index in [1.165, 1.54) is 11.8 Å². The highest BCUT2D eigenvalue weighted by atomic mass is 79.9. The van der Waals surface area contributed by atoms with Gasteiger partial charge in [0.15, 0.2) is 11.0 Å². The SMILES string of the molecule is O=C(C[C@@H]1S/C(=N\N=C/c2ccc(Cl)cc2)NC1=O)c1ccc(Br)cc1. The van der Waals surface area contributed by atoms with E-state index in [-0.39, 0.29) is 18.1 Å². The topological polar surface area (TPSA) is 70.9 Å². The van der Waals surface area contributed by atoms with Crippen LogP contribution in [-0.2, 0) is 4.79 Å². The minimum atomic E-state index is -0.504. The molecule has 8 heteroatoms. The second-order valence-corrected chi connectivity index (χ2v) is 7.97. The van der Waals surface area contributed by atoms with Gasteiger partial charge in [-0.05, 0) is 29.8 Å². The fraction of sp³-hybridized carbons (Fsp3) is 0.111. The van der Waals surface area contributed by atoms with Gasteiger partial charge in [0.05, 0.1) is 11.5 Å². The van der Waals surface area contributed by atoms with E-state index >= 15 is 0 Å². The third-order valence-corrected chi connectivity index (χ3v) is 5.39. The Hall–Kier alpha value is -1.96. The van der Waals surface area contributed by atoms with Gasteiger partial charge in [0.1, 0.15) is 0 Å². The first kappa shape index (κ1) is 18.8. The van der Waals surface area contributed by atoms with E-state index in [2.05, 4.69) is 31.4 Å². The molecule has 1 saturated heterocycles. The summed E-state index contributed by atoms with van der Waals surface area (Å²) >= 11 is 10.4. The maximum absolute atomic E-state index is 12.3. The molecule has 1 N–H and O–H groups in total. The van der Waals surface area contributed by atoms with E-state index in [1.807, 2.05) is 12.1 Å². The molecule has 1 aliphatic rings. The third kappa shape index (κ3) is 5.03. The highest BCUT2D eigenvalue weighted by Crippen LogP contribution is 2.24. The van der Waals surface area contributed by atoms with Crippen LogP contribution in [0.4, 0.5) is 0 Å². The number of nitrogens with one attached hydrogen (secondary N) is 1. The van der Waals surface area contributed by atoms with Crippen molar-refractivity contribution in [1.82, 2.24) is 5.32 Å². The Morgan fingerprint density at radius 2 is 1.88 bits per heavy atom. The van der Waals surface area contributed by atoms with Gasteiger partial charge < -0.3 is 5.32 Å². The average Bonchev–Trinajstić information content (AvgIpc) is 2.97. The van der Waals surface area contributed by atoms with Crippen molar-refractivity contribution in [3.05, 3.63) is 69.2 Å². The van der Waals surface area contributed by atoms with Crippen molar-refractivity contribution in [2.45, 2.75) is 11.7 Å². The van der Waals surface area contributed by atoms with E-state index in [9.17, 15) is 9.59 Å². The number of Topliss-reactive ketones (excluding diaryl/α,β-unsaturated/α-hetero) is 1. The molecule has 132 valence electrons. The van der Waals surface area contributed by atoms with Gasteiger partial charge in [-0.2, -0.15) is 5.10 Å². The molecule has 1 atom stereocenters. The first-order chi connectivity index (χ1) is 12.5. The molecule has 2 aromatic carbocycles. The molecule has 1 fully saturated rings. The lowest BCUT2D eigenvalue weighted by atomic mass is 10.1. The number of hydrogen-bond donors (Lipinski definition) is 1. The summed E-state index contributed by atoms with van der Waals surface area (Å²) in [5.41, 5.74) is 1.42. The van der Waals surface area contributed by atoms with Crippen molar-refractivity contribution >= 4 is 62.4 Å². The number of halogens is 2. The normalized spacial score (nSPS) is 18.5. The maximum Gasteiger partial charge on any atom is 0.240 e. The number of hydrogen-bond acceptors (Lipinski definition) is 5. The molecule has 26 heavy (non-hydrogen) atoms. The fourth-order valence-electron chi connectivity index (χ4n) is 2.21. The smallest absolute Gasteiger partial charge is 0.240 e. The van der Waals surface area contributed by atoms with Crippen LogP contribution in [0, 0.1) is 0 Å². The van der Waals surface area contributed by atoms with E-state index < -0.39 is 5.25 Å². The van der Waals surface area contributed by atoms with Gasteiger partial charge in [-0.25, -0.2) is 0 Å². The minimum Gasteiger partial charge on any atom is -0.303 e. The Labute approximate surface area is 168 Å². The van der Waals surface area contributed by atoms with Crippen LogP contribution in [0.25, 0.3) is 0 Å². The standard InChI is InChI=1S/C18H13BrClN3O2S/c19-13-5-3-12(4-6-13)15(24)9-16-17(25)22-18(26-16)23-21-10-11-1-7-14(20)8-2-11/h1-8,10,16H,9H2,(H,22,23,25)/b21-10-/t16-/m0/s1. The lowest BCUT2D eigenvalue weighted by molar-refractivity contribution is -0.118. The molecule has 5 nitrogen and oxygen atoms in total. The molecular formula is C18H13BrClN3O2S. The summed E-state index contributed by atoms with van der Waals surface area (Å²) in [7, 11) is 0.